The quantitative estimate of drug-likeness (QED) is 0.817. The van der Waals surface area contributed by atoms with Crippen LogP contribution in [0.5, 0.6) is 0 Å². The summed E-state index contributed by atoms with van der Waals surface area (Å²) in [4.78, 5) is 14.5. The van der Waals surface area contributed by atoms with E-state index in [9.17, 15) is 9.18 Å². The Morgan fingerprint density at radius 3 is 2.67 bits per heavy atom. The molecule has 0 aliphatic rings. The van der Waals surface area contributed by atoms with Crippen LogP contribution in [0.15, 0.2) is 18.2 Å². The first kappa shape index (κ1) is 14.0. The summed E-state index contributed by atoms with van der Waals surface area (Å²) in [5.41, 5.74) is -0.0434. The zero-order chi connectivity index (χ0) is 13.8. The van der Waals surface area contributed by atoms with Gasteiger partial charge in [-0.25, -0.2) is 14.0 Å². The predicted molar refractivity (Wildman–Crippen MR) is 65.7 cm³/mol. The average molecular weight is 250 g/mol. The minimum Gasteiger partial charge on any atom is -0.444 e. The van der Waals surface area contributed by atoms with Gasteiger partial charge in [-0.1, -0.05) is 12.1 Å². The van der Waals surface area contributed by atoms with E-state index in [0.29, 0.717) is 5.56 Å². The molecular formula is C13H15FN2O2. The first-order chi connectivity index (χ1) is 8.31. The molecule has 1 amide bonds. The zero-order valence-corrected chi connectivity index (χ0v) is 10.6. The fourth-order valence-corrected chi connectivity index (χ4v) is 1.23. The van der Waals surface area contributed by atoms with Crippen LogP contribution in [0.25, 0.3) is 4.85 Å². The van der Waals surface area contributed by atoms with Crippen LogP contribution in [-0.2, 0) is 11.3 Å². The topological polar surface area (TPSA) is 42.7 Å². The highest BCUT2D eigenvalue weighted by atomic mass is 19.1. The van der Waals surface area contributed by atoms with Crippen LogP contribution < -0.4 is 5.32 Å². The highest BCUT2D eigenvalue weighted by molar-refractivity contribution is 5.67. The molecule has 0 spiro atoms. The van der Waals surface area contributed by atoms with Crippen molar-refractivity contribution in [1.29, 1.82) is 0 Å². The van der Waals surface area contributed by atoms with Crippen molar-refractivity contribution in [3.8, 4) is 0 Å². The molecule has 0 aliphatic heterocycles. The molecule has 0 unspecified atom stereocenters. The number of carbonyl (C=O) groups excluding carboxylic acids is 1. The van der Waals surface area contributed by atoms with E-state index in [4.69, 9.17) is 11.3 Å². The smallest absolute Gasteiger partial charge is 0.407 e. The lowest BCUT2D eigenvalue weighted by Crippen LogP contribution is -2.32. The van der Waals surface area contributed by atoms with Gasteiger partial charge < -0.3 is 10.1 Å². The summed E-state index contributed by atoms with van der Waals surface area (Å²) in [7, 11) is 0. The molecule has 4 nitrogen and oxygen atoms in total. The number of nitrogens with one attached hydrogen (secondary N) is 1. The van der Waals surface area contributed by atoms with Gasteiger partial charge in [-0.2, -0.15) is 0 Å². The van der Waals surface area contributed by atoms with Crippen LogP contribution >= 0.6 is 0 Å². The molecular weight excluding hydrogens is 235 g/mol. The number of rotatable bonds is 2. The zero-order valence-electron chi connectivity index (χ0n) is 10.6. The third-order valence-electron chi connectivity index (χ3n) is 1.99. The van der Waals surface area contributed by atoms with Crippen molar-refractivity contribution in [2.75, 3.05) is 0 Å². The number of amides is 1. The first-order valence-corrected chi connectivity index (χ1v) is 5.44. The van der Waals surface area contributed by atoms with Crippen molar-refractivity contribution < 1.29 is 13.9 Å². The van der Waals surface area contributed by atoms with Gasteiger partial charge in [-0.05, 0) is 26.8 Å². The van der Waals surface area contributed by atoms with Gasteiger partial charge in [0.15, 0.2) is 5.69 Å². The van der Waals surface area contributed by atoms with Crippen molar-refractivity contribution >= 4 is 11.8 Å². The van der Waals surface area contributed by atoms with E-state index in [2.05, 4.69) is 10.2 Å². The standard InChI is InChI=1S/C13H15FN2O2/c1-13(2,3)18-12(17)16-8-9-5-6-10(15-4)7-11(9)14/h5-7H,8H2,1-3H3,(H,16,17). The number of alkyl carbamates (subject to hydrolysis) is 1. The molecule has 96 valence electrons. The van der Waals surface area contributed by atoms with E-state index in [1.165, 1.54) is 12.1 Å². The summed E-state index contributed by atoms with van der Waals surface area (Å²) >= 11 is 0. The monoisotopic (exact) mass is 250 g/mol. The van der Waals surface area contributed by atoms with Gasteiger partial charge in [-0.15, -0.1) is 0 Å². The van der Waals surface area contributed by atoms with Crippen LogP contribution in [-0.4, -0.2) is 11.7 Å². The van der Waals surface area contributed by atoms with Crippen LogP contribution in [0, 0.1) is 12.4 Å². The molecule has 0 saturated carbocycles. The molecule has 1 rings (SSSR count). The second kappa shape index (κ2) is 5.50. The highest BCUT2D eigenvalue weighted by Gasteiger charge is 2.16. The van der Waals surface area contributed by atoms with Crippen molar-refractivity contribution in [3.63, 3.8) is 0 Å². The number of carbonyl (C=O) groups is 1. The second-order valence-corrected chi connectivity index (χ2v) is 4.74. The van der Waals surface area contributed by atoms with E-state index >= 15 is 0 Å². The van der Waals surface area contributed by atoms with Gasteiger partial charge in [-0.3, -0.25) is 0 Å². The van der Waals surface area contributed by atoms with Gasteiger partial charge in [0.05, 0.1) is 6.57 Å². The molecule has 1 N–H and O–H groups in total. The fourth-order valence-electron chi connectivity index (χ4n) is 1.23. The fraction of sp³-hybridized carbons (Fsp3) is 0.385. The lowest BCUT2D eigenvalue weighted by Gasteiger charge is -2.19. The summed E-state index contributed by atoms with van der Waals surface area (Å²) in [5, 5.41) is 2.46. The van der Waals surface area contributed by atoms with Gasteiger partial charge in [0.2, 0.25) is 0 Å². The molecule has 1 aromatic carbocycles. The molecule has 0 bridgehead atoms. The molecule has 0 atom stereocenters. The highest BCUT2D eigenvalue weighted by Crippen LogP contribution is 2.17. The van der Waals surface area contributed by atoms with Crippen molar-refractivity contribution in [3.05, 3.63) is 41.0 Å². The summed E-state index contributed by atoms with van der Waals surface area (Å²) in [6.45, 7) is 12.0. The number of hydrogen-bond donors (Lipinski definition) is 1. The van der Waals surface area contributed by atoms with Gasteiger partial charge in [0.1, 0.15) is 11.4 Å². The van der Waals surface area contributed by atoms with Crippen LogP contribution in [0.1, 0.15) is 26.3 Å². The van der Waals surface area contributed by atoms with Crippen LogP contribution in [0.3, 0.4) is 0 Å². The van der Waals surface area contributed by atoms with E-state index in [1.54, 1.807) is 20.8 Å². The maximum absolute atomic E-state index is 13.5. The number of ether oxygens (including phenoxy) is 1. The maximum atomic E-state index is 13.5. The van der Waals surface area contributed by atoms with Crippen molar-refractivity contribution in [2.24, 2.45) is 0 Å². The van der Waals surface area contributed by atoms with Gasteiger partial charge >= 0.3 is 6.09 Å². The van der Waals surface area contributed by atoms with Gasteiger partial charge in [0.25, 0.3) is 0 Å². The molecule has 0 aliphatic carbocycles. The Labute approximate surface area is 106 Å². The Morgan fingerprint density at radius 2 is 2.17 bits per heavy atom. The minimum absolute atomic E-state index is 0.0268. The Morgan fingerprint density at radius 1 is 1.50 bits per heavy atom. The summed E-state index contributed by atoms with van der Waals surface area (Å²) in [6, 6.07) is 4.11. The lowest BCUT2D eigenvalue weighted by molar-refractivity contribution is 0.0523. The number of benzene rings is 1. The normalized spacial score (nSPS) is 10.6. The average Bonchev–Trinajstić information content (AvgIpc) is 2.25. The maximum Gasteiger partial charge on any atom is 0.407 e. The molecule has 0 heterocycles. The third kappa shape index (κ3) is 4.42. The number of nitrogens with zero attached hydrogens (tertiary/aromatic N) is 1. The third-order valence-corrected chi connectivity index (χ3v) is 1.99. The lowest BCUT2D eigenvalue weighted by atomic mass is 10.2. The second-order valence-electron chi connectivity index (χ2n) is 4.74. The van der Waals surface area contributed by atoms with E-state index < -0.39 is 17.5 Å². The van der Waals surface area contributed by atoms with Crippen LogP contribution in [0.2, 0.25) is 0 Å². The summed E-state index contributed by atoms with van der Waals surface area (Å²) in [6.07, 6.45) is -0.601. The van der Waals surface area contributed by atoms with E-state index in [-0.39, 0.29) is 12.2 Å². The molecule has 0 saturated heterocycles. The Hall–Kier alpha value is -2.09. The van der Waals surface area contributed by atoms with E-state index in [1.807, 2.05) is 0 Å². The Bertz CT molecular complexity index is 487. The SMILES string of the molecule is [C-]#[N+]c1ccc(CNC(=O)OC(C)(C)C)c(F)c1. The Balaban J connectivity index is 2.59. The van der Waals surface area contributed by atoms with Crippen LogP contribution in [0.4, 0.5) is 14.9 Å². The van der Waals surface area contributed by atoms with Gasteiger partial charge in [0, 0.05) is 12.1 Å². The first-order valence-electron chi connectivity index (χ1n) is 5.44. The molecule has 0 radical (unpaired) electrons. The number of halogens is 1. The Kier molecular flexibility index (Phi) is 4.27. The molecule has 5 heteroatoms. The predicted octanol–water partition coefficient (Wildman–Crippen LogP) is 3.40. The molecule has 0 fully saturated rings. The minimum atomic E-state index is -0.601. The summed E-state index contributed by atoms with van der Waals surface area (Å²) in [5.74, 6) is -0.514. The van der Waals surface area contributed by atoms with Crippen molar-refractivity contribution in [2.45, 2.75) is 32.9 Å². The van der Waals surface area contributed by atoms with E-state index in [0.717, 1.165) is 6.07 Å². The molecule has 18 heavy (non-hydrogen) atoms. The molecule has 0 aromatic heterocycles. The summed E-state index contributed by atoms with van der Waals surface area (Å²) < 4.78 is 18.5. The largest absolute Gasteiger partial charge is 0.444 e. The molecule has 1 aromatic rings. The number of hydrogen-bond acceptors (Lipinski definition) is 2. The van der Waals surface area contributed by atoms with Crippen molar-refractivity contribution in [1.82, 2.24) is 5.32 Å².